The normalized spacial score (nSPS) is 41.0. The van der Waals surface area contributed by atoms with Crippen molar-refractivity contribution in [1.82, 2.24) is 5.32 Å². The van der Waals surface area contributed by atoms with Crippen LogP contribution in [0.2, 0.25) is 0 Å². The van der Waals surface area contributed by atoms with Crippen LogP contribution in [-0.2, 0) is 9.68 Å². The summed E-state index contributed by atoms with van der Waals surface area (Å²) in [6.07, 6.45) is 6.72. The van der Waals surface area contributed by atoms with Gasteiger partial charge >= 0.3 is 0 Å². The summed E-state index contributed by atoms with van der Waals surface area (Å²) < 4.78 is 0. The average Bonchev–Trinajstić information content (AvgIpc) is 2.38. The SMILES string of the molecule is CC(C)[C@H]1CC[C@@](C)(NC=O)[C@H]2CC[C@@](C)(OO)C=C12. The summed E-state index contributed by atoms with van der Waals surface area (Å²) in [5.74, 6) is 1.42. The minimum Gasteiger partial charge on any atom is -0.353 e. The van der Waals surface area contributed by atoms with Gasteiger partial charge in [-0.15, -0.1) is 0 Å². The smallest absolute Gasteiger partial charge is 0.207 e. The second-order valence-corrected chi connectivity index (χ2v) is 7.21. The number of hydrogen-bond acceptors (Lipinski definition) is 3. The summed E-state index contributed by atoms with van der Waals surface area (Å²) in [5, 5.41) is 12.2. The number of rotatable bonds is 4. The minimum atomic E-state index is -0.585. The van der Waals surface area contributed by atoms with E-state index in [0.717, 1.165) is 32.1 Å². The molecule has 1 amide bonds. The van der Waals surface area contributed by atoms with Crippen LogP contribution in [0.15, 0.2) is 11.6 Å². The van der Waals surface area contributed by atoms with Crippen LogP contribution in [0.25, 0.3) is 0 Å². The van der Waals surface area contributed by atoms with Gasteiger partial charge in [-0.25, -0.2) is 4.89 Å². The lowest BCUT2D eigenvalue weighted by molar-refractivity contribution is -0.306. The first-order chi connectivity index (χ1) is 9.35. The van der Waals surface area contributed by atoms with Crippen LogP contribution in [0, 0.1) is 17.8 Å². The fraction of sp³-hybridized carbons (Fsp3) is 0.812. The highest BCUT2D eigenvalue weighted by Gasteiger charge is 2.47. The van der Waals surface area contributed by atoms with Crippen molar-refractivity contribution in [3.8, 4) is 0 Å². The molecule has 4 nitrogen and oxygen atoms in total. The van der Waals surface area contributed by atoms with Crippen LogP contribution in [-0.4, -0.2) is 22.8 Å². The van der Waals surface area contributed by atoms with Crippen molar-refractivity contribution in [3.05, 3.63) is 11.6 Å². The Balaban J connectivity index is 2.39. The van der Waals surface area contributed by atoms with E-state index < -0.39 is 5.60 Å². The number of hydrogen-bond donors (Lipinski definition) is 2. The number of fused-ring (bicyclic) bond motifs is 1. The highest BCUT2D eigenvalue weighted by molar-refractivity contribution is 5.49. The van der Waals surface area contributed by atoms with Gasteiger partial charge in [0.05, 0.1) is 0 Å². The molecule has 0 aromatic carbocycles. The summed E-state index contributed by atoms with van der Waals surface area (Å²) in [5.41, 5.74) is 0.597. The number of carbonyl (C=O) groups is 1. The van der Waals surface area contributed by atoms with E-state index in [0.29, 0.717) is 17.8 Å². The van der Waals surface area contributed by atoms with Gasteiger partial charge in [-0.3, -0.25) is 10.1 Å². The third-order valence-electron chi connectivity index (χ3n) is 5.38. The molecule has 0 heterocycles. The molecule has 2 aliphatic rings. The molecule has 2 aliphatic carbocycles. The van der Waals surface area contributed by atoms with Crippen LogP contribution in [0.1, 0.15) is 53.4 Å². The fourth-order valence-corrected chi connectivity index (χ4v) is 4.07. The average molecular weight is 281 g/mol. The lowest BCUT2D eigenvalue weighted by atomic mass is 9.59. The second-order valence-electron chi connectivity index (χ2n) is 7.21. The zero-order chi connectivity index (χ0) is 15.0. The van der Waals surface area contributed by atoms with Gasteiger partial charge in [-0.05, 0) is 51.4 Å². The highest BCUT2D eigenvalue weighted by Crippen LogP contribution is 2.50. The maximum atomic E-state index is 11.0. The lowest BCUT2D eigenvalue weighted by Crippen LogP contribution is -2.55. The van der Waals surface area contributed by atoms with Crippen LogP contribution < -0.4 is 5.32 Å². The summed E-state index contributed by atoms with van der Waals surface area (Å²) >= 11 is 0. The molecule has 4 heteroatoms. The largest absolute Gasteiger partial charge is 0.353 e. The van der Waals surface area contributed by atoms with E-state index in [4.69, 9.17) is 4.89 Å². The molecule has 1 saturated carbocycles. The van der Waals surface area contributed by atoms with Gasteiger partial charge in [0.2, 0.25) is 6.41 Å². The van der Waals surface area contributed by atoms with E-state index in [1.807, 2.05) is 6.92 Å². The van der Waals surface area contributed by atoms with Crippen molar-refractivity contribution in [2.24, 2.45) is 17.8 Å². The van der Waals surface area contributed by atoms with Crippen molar-refractivity contribution in [3.63, 3.8) is 0 Å². The molecule has 0 unspecified atom stereocenters. The maximum Gasteiger partial charge on any atom is 0.207 e. The van der Waals surface area contributed by atoms with E-state index in [2.05, 4.69) is 32.2 Å². The Labute approximate surface area is 121 Å². The van der Waals surface area contributed by atoms with E-state index >= 15 is 0 Å². The minimum absolute atomic E-state index is 0.171. The van der Waals surface area contributed by atoms with Crippen LogP contribution in [0.5, 0.6) is 0 Å². The summed E-state index contributed by atoms with van der Waals surface area (Å²) in [7, 11) is 0. The molecule has 20 heavy (non-hydrogen) atoms. The molecule has 0 aromatic heterocycles. The van der Waals surface area contributed by atoms with Gasteiger partial charge in [0.1, 0.15) is 5.60 Å². The van der Waals surface area contributed by atoms with Gasteiger partial charge in [-0.1, -0.05) is 25.5 Å². The zero-order valence-corrected chi connectivity index (χ0v) is 13.0. The quantitative estimate of drug-likeness (QED) is 0.360. The number of amides is 1. The molecular weight excluding hydrogens is 254 g/mol. The molecule has 0 bridgehead atoms. The standard InChI is InChI=1S/C16H27NO3/c1-11(2)12-5-8-16(4,17-10-18)14-6-7-15(3,20-19)9-13(12)14/h9-12,14,19H,5-8H2,1-4H3,(H,17,18)/t12-,14+,15-,16-/m1/s1. The first kappa shape index (κ1) is 15.5. The van der Waals surface area contributed by atoms with Gasteiger partial charge < -0.3 is 5.32 Å². The summed E-state index contributed by atoms with van der Waals surface area (Å²) in [6.45, 7) is 8.54. The number of carbonyl (C=O) groups excluding carboxylic acids is 1. The van der Waals surface area contributed by atoms with Crippen molar-refractivity contribution < 1.29 is 14.9 Å². The predicted molar refractivity (Wildman–Crippen MR) is 78.1 cm³/mol. The van der Waals surface area contributed by atoms with Gasteiger partial charge in [0.25, 0.3) is 0 Å². The molecule has 0 radical (unpaired) electrons. The Kier molecular flexibility index (Phi) is 4.26. The van der Waals surface area contributed by atoms with E-state index in [1.54, 1.807) is 0 Å². The highest BCUT2D eigenvalue weighted by atomic mass is 17.1. The third-order valence-corrected chi connectivity index (χ3v) is 5.38. The molecule has 2 N–H and O–H groups in total. The molecule has 0 spiro atoms. The summed E-state index contributed by atoms with van der Waals surface area (Å²) in [6, 6.07) is 0. The van der Waals surface area contributed by atoms with Crippen molar-refractivity contribution in [1.29, 1.82) is 0 Å². The van der Waals surface area contributed by atoms with Crippen molar-refractivity contribution >= 4 is 6.41 Å². The maximum absolute atomic E-state index is 11.0. The van der Waals surface area contributed by atoms with Crippen molar-refractivity contribution in [2.75, 3.05) is 0 Å². The Morgan fingerprint density at radius 3 is 2.65 bits per heavy atom. The zero-order valence-electron chi connectivity index (χ0n) is 13.0. The molecule has 0 saturated heterocycles. The van der Waals surface area contributed by atoms with E-state index in [1.165, 1.54) is 5.57 Å². The van der Waals surface area contributed by atoms with Crippen molar-refractivity contribution in [2.45, 2.75) is 64.5 Å². The Bertz CT molecular complexity index is 407. The first-order valence-electron chi connectivity index (χ1n) is 7.62. The topological polar surface area (TPSA) is 58.6 Å². The third kappa shape index (κ3) is 2.63. The number of nitrogens with one attached hydrogen (secondary N) is 1. The molecule has 114 valence electrons. The molecular formula is C16H27NO3. The Morgan fingerprint density at radius 1 is 1.40 bits per heavy atom. The van der Waals surface area contributed by atoms with Crippen LogP contribution in [0.4, 0.5) is 0 Å². The van der Waals surface area contributed by atoms with Crippen LogP contribution in [0.3, 0.4) is 0 Å². The Morgan fingerprint density at radius 2 is 2.10 bits per heavy atom. The lowest BCUT2D eigenvalue weighted by Gasteiger charge is -2.50. The molecule has 1 fully saturated rings. The summed E-state index contributed by atoms with van der Waals surface area (Å²) in [4.78, 5) is 15.7. The molecule has 0 aliphatic heterocycles. The van der Waals surface area contributed by atoms with Crippen LogP contribution >= 0.6 is 0 Å². The monoisotopic (exact) mass is 281 g/mol. The van der Waals surface area contributed by atoms with E-state index in [9.17, 15) is 10.1 Å². The fourth-order valence-electron chi connectivity index (χ4n) is 4.07. The van der Waals surface area contributed by atoms with Gasteiger partial charge in [0.15, 0.2) is 0 Å². The Hall–Kier alpha value is -0.870. The first-order valence-corrected chi connectivity index (χ1v) is 7.62. The van der Waals surface area contributed by atoms with Gasteiger partial charge in [0, 0.05) is 11.5 Å². The molecule has 4 atom stereocenters. The molecule has 0 aromatic rings. The predicted octanol–water partition coefficient (Wildman–Crippen LogP) is 3.14. The van der Waals surface area contributed by atoms with Gasteiger partial charge in [-0.2, -0.15) is 0 Å². The molecule has 2 rings (SSSR count). The second kappa shape index (κ2) is 5.49. The van der Waals surface area contributed by atoms with E-state index in [-0.39, 0.29) is 5.54 Å².